The van der Waals surface area contributed by atoms with E-state index < -0.39 is 0 Å². The first-order valence-electron chi connectivity index (χ1n) is 7.39. The number of pyridine rings is 1. The Morgan fingerprint density at radius 3 is 2.24 bits per heavy atom. The summed E-state index contributed by atoms with van der Waals surface area (Å²) in [6.45, 7) is 12.1. The minimum Gasteiger partial charge on any atom is -0.400 e. The van der Waals surface area contributed by atoms with E-state index in [9.17, 15) is 0 Å². The van der Waals surface area contributed by atoms with Crippen LogP contribution in [0.2, 0.25) is 0 Å². The molecule has 1 aromatic heterocycles. The molecule has 2 N–H and O–H groups in total. The van der Waals surface area contributed by atoms with Gasteiger partial charge in [0.25, 0.3) is 0 Å². The summed E-state index contributed by atoms with van der Waals surface area (Å²) in [5, 5.41) is 0. The monoisotopic (exact) mass is 288 g/mol. The molecule has 0 unspecified atom stereocenters. The van der Waals surface area contributed by atoms with Crippen molar-refractivity contribution in [1.82, 2.24) is 4.98 Å². The number of aromatic nitrogens is 1. The summed E-state index contributed by atoms with van der Waals surface area (Å²) in [6.07, 6.45) is 2.00. The molecule has 1 aliphatic rings. The summed E-state index contributed by atoms with van der Waals surface area (Å²) in [6, 6.07) is 3.94. The molecule has 1 aliphatic heterocycles. The van der Waals surface area contributed by atoms with Gasteiger partial charge in [-0.3, -0.25) is 4.98 Å². The molecule has 0 amide bonds. The largest absolute Gasteiger partial charge is 0.487 e. The van der Waals surface area contributed by atoms with Crippen LogP contribution in [0.1, 0.15) is 57.6 Å². The van der Waals surface area contributed by atoms with E-state index >= 15 is 0 Å². The third-order valence-corrected chi connectivity index (χ3v) is 4.32. The van der Waals surface area contributed by atoms with Gasteiger partial charge in [-0.25, -0.2) is 0 Å². The van der Waals surface area contributed by atoms with E-state index in [1.807, 2.05) is 65.7 Å². The van der Waals surface area contributed by atoms with Crippen molar-refractivity contribution >= 4 is 13.2 Å². The van der Waals surface area contributed by atoms with Crippen LogP contribution >= 0.6 is 0 Å². The van der Waals surface area contributed by atoms with Gasteiger partial charge in [0.2, 0.25) is 0 Å². The van der Waals surface area contributed by atoms with E-state index in [2.05, 4.69) is 4.98 Å². The van der Waals surface area contributed by atoms with Crippen molar-refractivity contribution in [2.75, 3.05) is 0 Å². The summed E-state index contributed by atoms with van der Waals surface area (Å²) in [4.78, 5) is 4.52. The van der Waals surface area contributed by atoms with Crippen LogP contribution in [0.15, 0.2) is 18.1 Å². The Balaban J connectivity index is 2.13. The molecule has 1 atom stereocenters. The SMILES string of the molecule is Cc1nc([C@@H](C)N)ccc1/C=C/B1OC(C)(C)C(C)(C)O1. The Bertz CT molecular complexity index is 537. The van der Waals surface area contributed by atoms with Crippen molar-refractivity contribution in [2.24, 2.45) is 5.73 Å². The number of hydrogen-bond acceptors (Lipinski definition) is 4. The Hall–Kier alpha value is -1.17. The molecule has 5 heteroatoms. The Kier molecular flexibility index (Phi) is 4.29. The van der Waals surface area contributed by atoms with Gasteiger partial charge in [-0.2, -0.15) is 0 Å². The van der Waals surface area contributed by atoms with Crippen molar-refractivity contribution in [3.63, 3.8) is 0 Å². The lowest BCUT2D eigenvalue weighted by Gasteiger charge is -2.32. The van der Waals surface area contributed by atoms with Gasteiger partial charge in [-0.1, -0.05) is 18.1 Å². The average Bonchev–Trinajstić information content (AvgIpc) is 2.56. The van der Waals surface area contributed by atoms with Gasteiger partial charge in [0.1, 0.15) is 0 Å². The zero-order chi connectivity index (χ0) is 15.8. The molecule has 114 valence electrons. The molecular formula is C16H25BN2O2. The number of aryl methyl sites for hydroxylation is 1. The first kappa shape index (κ1) is 16.2. The van der Waals surface area contributed by atoms with Crippen LogP contribution in [0.5, 0.6) is 0 Å². The fourth-order valence-corrected chi connectivity index (χ4v) is 2.17. The van der Waals surface area contributed by atoms with Gasteiger partial charge in [-0.05, 0) is 53.2 Å². The van der Waals surface area contributed by atoms with Crippen molar-refractivity contribution in [2.45, 2.75) is 58.8 Å². The van der Waals surface area contributed by atoms with Crippen LogP contribution < -0.4 is 5.73 Å². The van der Waals surface area contributed by atoms with E-state index in [0.29, 0.717) is 0 Å². The van der Waals surface area contributed by atoms with Crippen LogP contribution in [0.3, 0.4) is 0 Å². The fraction of sp³-hybridized carbons (Fsp3) is 0.562. The van der Waals surface area contributed by atoms with E-state index in [-0.39, 0.29) is 24.4 Å². The molecular weight excluding hydrogens is 263 g/mol. The predicted molar refractivity (Wildman–Crippen MR) is 86.7 cm³/mol. The lowest BCUT2D eigenvalue weighted by molar-refractivity contribution is 0.00578. The van der Waals surface area contributed by atoms with E-state index in [1.165, 1.54) is 0 Å². The molecule has 4 nitrogen and oxygen atoms in total. The molecule has 1 aromatic rings. The Labute approximate surface area is 127 Å². The summed E-state index contributed by atoms with van der Waals surface area (Å²) >= 11 is 0. The lowest BCUT2D eigenvalue weighted by atomic mass is 9.89. The molecule has 0 radical (unpaired) electrons. The fourth-order valence-electron chi connectivity index (χ4n) is 2.17. The lowest BCUT2D eigenvalue weighted by Crippen LogP contribution is -2.41. The minimum atomic E-state index is -0.331. The maximum absolute atomic E-state index is 5.94. The minimum absolute atomic E-state index is 0.0511. The maximum Gasteiger partial charge on any atom is 0.487 e. The van der Waals surface area contributed by atoms with E-state index in [1.54, 1.807) is 0 Å². The molecule has 0 saturated carbocycles. The van der Waals surface area contributed by atoms with Gasteiger partial charge in [-0.15, -0.1) is 0 Å². The number of nitrogens with two attached hydrogens (primary N) is 1. The van der Waals surface area contributed by atoms with E-state index in [4.69, 9.17) is 15.0 Å². The third-order valence-electron chi connectivity index (χ3n) is 4.32. The summed E-state index contributed by atoms with van der Waals surface area (Å²) in [5.41, 5.74) is 8.13. The standard InChI is InChI=1S/C16H25BN2O2/c1-11(18)14-8-7-13(12(2)19-14)9-10-17-20-15(3,4)16(5,6)21-17/h7-11H,18H2,1-6H3/b10-9+/t11-/m1/s1. The first-order valence-corrected chi connectivity index (χ1v) is 7.39. The number of hydrogen-bond donors (Lipinski definition) is 1. The molecule has 1 fully saturated rings. The molecule has 1 saturated heterocycles. The normalized spacial score (nSPS) is 22.0. The van der Waals surface area contributed by atoms with Gasteiger partial charge in [0, 0.05) is 11.7 Å². The van der Waals surface area contributed by atoms with Crippen LogP contribution in [0.4, 0.5) is 0 Å². The zero-order valence-electron chi connectivity index (χ0n) is 13.8. The maximum atomic E-state index is 5.94. The summed E-state index contributed by atoms with van der Waals surface area (Å²) < 4.78 is 11.9. The van der Waals surface area contributed by atoms with Gasteiger partial charge in [0.05, 0.1) is 16.9 Å². The predicted octanol–water partition coefficient (Wildman–Crippen LogP) is 3.05. The molecule has 0 aliphatic carbocycles. The average molecular weight is 288 g/mol. The van der Waals surface area contributed by atoms with Crippen LogP contribution in [0, 0.1) is 6.92 Å². The zero-order valence-corrected chi connectivity index (χ0v) is 13.8. The first-order chi connectivity index (χ1) is 9.62. The summed E-state index contributed by atoms with van der Waals surface area (Å²) in [7, 11) is -0.331. The quantitative estimate of drug-likeness (QED) is 0.868. The highest BCUT2D eigenvalue weighted by Gasteiger charge is 2.49. The van der Waals surface area contributed by atoms with Crippen molar-refractivity contribution in [3.8, 4) is 0 Å². The Morgan fingerprint density at radius 2 is 1.76 bits per heavy atom. The van der Waals surface area contributed by atoms with Crippen molar-refractivity contribution < 1.29 is 9.31 Å². The number of nitrogens with zero attached hydrogens (tertiary/aromatic N) is 1. The molecule has 2 heterocycles. The molecule has 0 bridgehead atoms. The summed E-state index contributed by atoms with van der Waals surface area (Å²) in [5.74, 6) is 1.94. The van der Waals surface area contributed by atoms with Gasteiger partial charge < -0.3 is 15.0 Å². The second-order valence-corrected chi connectivity index (χ2v) is 6.68. The third kappa shape index (κ3) is 3.36. The van der Waals surface area contributed by atoms with Gasteiger partial charge >= 0.3 is 7.12 Å². The van der Waals surface area contributed by atoms with E-state index in [0.717, 1.165) is 17.0 Å². The number of rotatable bonds is 3. The highest BCUT2D eigenvalue weighted by atomic mass is 16.7. The molecule has 0 aromatic carbocycles. The van der Waals surface area contributed by atoms with Crippen molar-refractivity contribution in [1.29, 1.82) is 0 Å². The van der Waals surface area contributed by atoms with Crippen LogP contribution in [-0.4, -0.2) is 23.3 Å². The molecule has 21 heavy (non-hydrogen) atoms. The van der Waals surface area contributed by atoms with Gasteiger partial charge in [0.15, 0.2) is 0 Å². The highest BCUT2D eigenvalue weighted by molar-refractivity contribution is 6.52. The Morgan fingerprint density at radius 1 is 1.19 bits per heavy atom. The van der Waals surface area contributed by atoms with Crippen LogP contribution in [-0.2, 0) is 9.31 Å². The van der Waals surface area contributed by atoms with Crippen LogP contribution in [0.25, 0.3) is 6.08 Å². The smallest absolute Gasteiger partial charge is 0.400 e. The second-order valence-electron chi connectivity index (χ2n) is 6.68. The second kappa shape index (κ2) is 5.56. The molecule has 0 spiro atoms. The highest BCUT2D eigenvalue weighted by Crippen LogP contribution is 2.37. The van der Waals surface area contributed by atoms with Crippen molar-refractivity contribution in [3.05, 3.63) is 35.1 Å². The topological polar surface area (TPSA) is 57.4 Å². The molecule has 2 rings (SSSR count).